The standard InChI is InChI=1S/C15H22N4/c1-2-5-13-12(4-1)16-10-14(18-13)19-9-8-17-15(11-19)6-3-7-15/h1-2,4-5,10,12-13,16-18H,3,6-9,11H2. The largest absolute Gasteiger partial charge is 0.379 e. The molecule has 0 aromatic carbocycles. The molecule has 2 unspecified atom stereocenters. The van der Waals surface area contributed by atoms with E-state index < -0.39 is 0 Å². The minimum Gasteiger partial charge on any atom is -0.379 e. The first-order valence-corrected chi connectivity index (χ1v) is 7.42. The maximum Gasteiger partial charge on any atom is 0.118 e. The van der Waals surface area contributed by atoms with Gasteiger partial charge in [0.25, 0.3) is 0 Å². The van der Waals surface area contributed by atoms with Crippen molar-refractivity contribution in [3.63, 3.8) is 0 Å². The summed E-state index contributed by atoms with van der Waals surface area (Å²) in [5.41, 5.74) is 0.403. The summed E-state index contributed by atoms with van der Waals surface area (Å²) in [7, 11) is 0. The Bertz CT molecular complexity index is 447. The quantitative estimate of drug-likeness (QED) is 0.646. The van der Waals surface area contributed by atoms with Crippen LogP contribution >= 0.6 is 0 Å². The first-order valence-electron chi connectivity index (χ1n) is 7.42. The van der Waals surface area contributed by atoms with E-state index in [1.807, 2.05) is 0 Å². The topological polar surface area (TPSA) is 39.3 Å². The highest BCUT2D eigenvalue weighted by Gasteiger charge is 2.41. The Kier molecular flexibility index (Phi) is 2.58. The van der Waals surface area contributed by atoms with Crippen LogP contribution in [0.25, 0.3) is 0 Å². The lowest BCUT2D eigenvalue weighted by Gasteiger charge is -2.51. The summed E-state index contributed by atoms with van der Waals surface area (Å²) in [6.07, 6.45) is 14.9. The molecule has 1 saturated heterocycles. The highest BCUT2D eigenvalue weighted by molar-refractivity contribution is 5.26. The van der Waals surface area contributed by atoms with Crippen LogP contribution < -0.4 is 16.0 Å². The van der Waals surface area contributed by atoms with Gasteiger partial charge in [-0.15, -0.1) is 0 Å². The van der Waals surface area contributed by atoms with Gasteiger partial charge in [-0.2, -0.15) is 0 Å². The molecule has 1 spiro atoms. The van der Waals surface area contributed by atoms with Gasteiger partial charge in [-0.3, -0.25) is 0 Å². The molecule has 4 aliphatic rings. The monoisotopic (exact) mass is 258 g/mol. The van der Waals surface area contributed by atoms with Crippen LogP contribution in [0.5, 0.6) is 0 Å². The second-order valence-corrected chi connectivity index (χ2v) is 6.14. The van der Waals surface area contributed by atoms with E-state index in [4.69, 9.17) is 0 Å². The Balaban J connectivity index is 1.48. The molecule has 1 saturated carbocycles. The average molecular weight is 258 g/mol. The van der Waals surface area contributed by atoms with Gasteiger partial charge in [-0.25, -0.2) is 0 Å². The molecule has 2 aliphatic carbocycles. The number of rotatable bonds is 1. The van der Waals surface area contributed by atoms with Gasteiger partial charge in [0.05, 0.1) is 12.1 Å². The minimum absolute atomic E-state index is 0.386. The summed E-state index contributed by atoms with van der Waals surface area (Å²) in [6.45, 7) is 3.34. The Hall–Kier alpha value is -1.42. The molecule has 0 amide bonds. The molecule has 102 valence electrons. The third-order valence-electron chi connectivity index (χ3n) is 4.89. The van der Waals surface area contributed by atoms with Crippen LogP contribution in [0.4, 0.5) is 0 Å². The molecule has 2 atom stereocenters. The van der Waals surface area contributed by atoms with Crippen LogP contribution in [0.3, 0.4) is 0 Å². The number of piperazine rings is 1. The molecule has 0 radical (unpaired) electrons. The molecule has 4 heteroatoms. The number of nitrogens with zero attached hydrogens (tertiary/aromatic N) is 1. The lowest BCUT2D eigenvalue weighted by Crippen LogP contribution is -2.65. The summed E-state index contributed by atoms with van der Waals surface area (Å²) in [5.74, 6) is 1.26. The summed E-state index contributed by atoms with van der Waals surface area (Å²) < 4.78 is 0. The van der Waals surface area contributed by atoms with Gasteiger partial charge in [-0.05, 0) is 19.3 Å². The molecule has 2 heterocycles. The molecule has 0 aromatic rings. The molecule has 4 rings (SSSR count). The van der Waals surface area contributed by atoms with Gasteiger partial charge in [0.15, 0.2) is 0 Å². The zero-order valence-electron chi connectivity index (χ0n) is 11.2. The number of allylic oxidation sites excluding steroid dienone is 2. The summed E-state index contributed by atoms with van der Waals surface area (Å²) in [4.78, 5) is 2.50. The third-order valence-corrected chi connectivity index (χ3v) is 4.89. The number of hydrogen-bond acceptors (Lipinski definition) is 4. The van der Waals surface area contributed by atoms with E-state index in [0.717, 1.165) is 19.6 Å². The van der Waals surface area contributed by atoms with Crippen LogP contribution in [0.1, 0.15) is 19.3 Å². The van der Waals surface area contributed by atoms with Crippen LogP contribution in [-0.4, -0.2) is 42.2 Å². The van der Waals surface area contributed by atoms with Crippen molar-refractivity contribution in [1.82, 2.24) is 20.9 Å². The molecule has 19 heavy (non-hydrogen) atoms. The van der Waals surface area contributed by atoms with Crippen molar-refractivity contribution in [3.8, 4) is 0 Å². The van der Waals surface area contributed by atoms with E-state index in [-0.39, 0.29) is 0 Å². The highest BCUT2D eigenvalue weighted by atomic mass is 15.3. The van der Waals surface area contributed by atoms with Crippen LogP contribution in [0, 0.1) is 0 Å². The molecule has 2 aliphatic heterocycles. The zero-order valence-corrected chi connectivity index (χ0v) is 11.2. The van der Waals surface area contributed by atoms with Crippen molar-refractivity contribution in [2.45, 2.75) is 36.9 Å². The maximum absolute atomic E-state index is 3.72. The average Bonchev–Trinajstić information content (AvgIpc) is 2.45. The lowest BCUT2D eigenvalue weighted by molar-refractivity contribution is 0.0838. The van der Waals surface area contributed by atoms with Crippen LogP contribution in [0.15, 0.2) is 36.3 Å². The van der Waals surface area contributed by atoms with Gasteiger partial charge < -0.3 is 20.9 Å². The third kappa shape index (κ3) is 1.94. The molecule has 2 fully saturated rings. The van der Waals surface area contributed by atoms with Gasteiger partial charge in [0.2, 0.25) is 0 Å². The fourth-order valence-corrected chi connectivity index (χ4v) is 3.57. The first kappa shape index (κ1) is 11.4. The summed E-state index contributed by atoms with van der Waals surface area (Å²) in [5, 5.41) is 10.9. The zero-order chi connectivity index (χ0) is 12.7. The summed E-state index contributed by atoms with van der Waals surface area (Å²) in [6, 6.07) is 0.784. The van der Waals surface area contributed by atoms with E-state index in [1.54, 1.807) is 0 Å². The second kappa shape index (κ2) is 4.30. The van der Waals surface area contributed by atoms with Crippen molar-refractivity contribution >= 4 is 0 Å². The Morgan fingerprint density at radius 2 is 2.00 bits per heavy atom. The van der Waals surface area contributed by atoms with E-state index >= 15 is 0 Å². The Morgan fingerprint density at radius 1 is 1.16 bits per heavy atom. The maximum atomic E-state index is 3.72. The van der Waals surface area contributed by atoms with Crippen molar-refractivity contribution in [1.29, 1.82) is 0 Å². The fourth-order valence-electron chi connectivity index (χ4n) is 3.57. The van der Waals surface area contributed by atoms with Gasteiger partial charge in [0.1, 0.15) is 5.82 Å². The smallest absolute Gasteiger partial charge is 0.118 e. The van der Waals surface area contributed by atoms with Gasteiger partial charge in [-0.1, -0.05) is 24.3 Å². The predicted molar refractivity (Wildman–Crippen MR) is 76.4 cm³/mol. The van der Waals surface area contributed by atoms with Gasteiger partial charge in [0, 0.05) is 31.4 Å². The van der Waals surface area contributed by atoms with E-state index in [0.29, 0.717) is 17.6 Å². The van der Waals surface area contributed by atoms with Crippen LogP contribution in [-0.2, 0) is 0 Å². The number of fused-ring (bicyclic) bond motifs is 1. The molecular formula is C15H22N4. The van der Waals surface area contributed by atoms with Crippen molar-refractivity contribution in [2.75, 3.05) is 19.6 Å². The molecular weight excluding hydrogens is 236 g/mol. The Morgan fingerprint density at radius 3 is 2.79 bits per heavy atom. The second-order valence-electron chi connectivity index (χ2n) is 6.14. The summed E-state index contributed by atoms with van der Waals surface area (Å²) >= 11 is 0. The van der Waals surface area contributed by atoms with E-state index in [9.17, 15) is 0 Å². The Labute approximate surface area is 114 Å². The van der Waals surface area contributed by atoms with Gasteiger partial charge >= 0.3 is 0 Å². The number of hydrogen-bond donors (Lipinski definition) is 3. The predicted octanol–water partition coefficient (Wildman–Crippen LogP) is 0.669. The number of nitrogens with one attached hydrogen (secondary N) is 3. The molecule has 0 aromatic heterocycles. The normalized spacial score (nSPS) is 34.9. The molecule has 4 nitrogen and oxygen atoms in total. The van der Waals surface area contributed by atoms with Crippen LogP contribution in [0.2, 0.25) is 0 Å². The van der Waals surface area contributed by atoms with Crippen molar-refractivity contribution < 1.29 is 0 Å². The SMILES string of the molecule is C1=CC2NC=C(N3CCNC4(CCC4)C3)NC2C=C1. The van der Waals surface area contributed by atoms with E-state index in [1.165, 1.54) is 25.1 Å². The fraction of sp³-hybridized carbons (Fsp3) is 0.600. The van der Waals surface area contributed by atoms with Crippen molar-refractivity contribution in [3.05, 3.63) is 36.3 Å². The van der Waals surface area contributed by atoms with Crippen molar-refractivity contribution in [2.24, 2.45) is 0 Å². The lowest BCUT2D eigenvalue weighted by atomic mass is 9.75. The van der Waals surface area contributed by atoms with E-state index in [2.05, 4.69) is 51.4 Å². The molecule has 3 N–H and O–H groups in total. The minimum atomic E-state index is 0.386. The molecule has 0 bridgehead atoms. The first-order chi connectivity index (χ1) is 9.35. The highest BCUT2D eigenvalue weighted by Crippen LogP contribution is 2.34.